The Morgan fingerprint density at radius 1 is 1.64 bits per heavy atom. The molecule has 0 saturated carbocycles. The van der Waals surface area contributed by atoms with Crippen LogP contribution in [0.4, 0.5) is 8.78 Å². The Hall–Kier alpha value is -0.220. The van der Waals surface area contributed by atoms with E-state index in [1.807, 2.05) is 6.92 Å². The first kappa shape index (κ1) is 11.9. The summed E-state index contributed by atoms with van der Waals surface area (Å²) in [5.41, 5.74) is 0. The fourth-order valence-electron chi connectivity index (χ4n) is 1.09. The Morgan fingerprint density at radius 2 is 2.36 bits per heavy atom. The van der Waals surface area contributed by atoms with Crippen LogP contribution >= 0.6 is 15.9 Å². The van der Waals surface area contributed by atoms with E-state index in [2.05, 4.69) is 15.9 Å². The number of halogens is 3. The van der Waals surface area contributed by atoms with Crippen molar-refractivity contribution < 1.29 is 13.5 Å². The fourth-order valence-corrected chi connectivity index (χ4v) is 1.46. The van der Waals surface area contributed by atoms with Gasteiger partial charge >= 0.3 is 0 Å². The Morgan fingerprint density at radius 3 is 2.93 bits per heavy atom. The molecule has 0 aromatic heterocycles. The molecule has 0 amide bonds. The molecule has 0 aliphatic heterocycles. The van der Waals surface area contributed by atoms with Gasteiger partial charge in [0.2, 0.25) is 0 Å². The second kappa shape index (κ2) is 5.03. The Bertz CT molecular complexity index is 253. The van der Waals surface area contributed by atoms with Crippen LogP contribution in [-0.4, -0.2) is 18.6 Å². The summed E-state index contributed by atoms with van der Waals surface area (Å²) in [4.78, 5) is 0. The van der Waals surface area contributed by atoms with Crippen LogP contribution in [0.15, 0.2) is 22.7 Å². The molecule has 0 radical (unpaired) electrons. The number of alkyl halides is 2. The lowest BCUT2D eigenvalue weighted by molar-refractivity contribution is -0.141. The zero-order chi connectivity index (χ0) is 10.6. The Labute approximate surface area is 91.0 Å². The van der Waals surface area contributed by atoms with E-state index in [9.17, 15) is 8.78 Å². The first-order valence-corrected chi connectivity index (χ1v) is 5.41. The summed E-state index contributed by atoms with van der Waals surface area (Å²) >= 11 is 3.07. The molecular weight excluding hydrogens is 254 g/mol. The third-order valence-electron chi connectivity index (χ3n) is 1.97. The lowest BCUT2D eigenvalue weighted by Crippen LogP contribution is -2.36. The molecule has 1 rings (SSSR count). The number of unbranched alkanes of at least 4 members (excludes halogenated alkanes) is 1. The maximum atomic E-state index is 13.7. The number of hydrogen-bond donors (Lipinski definition) is 0. The van der Waals surface area contributed by atoms with E-state index < -0.39 is 12.0 Å². The van der Waals surface area contributed by atoms with Crippen LogP contribution in [0.3, 0.4) is 0 Å². The van der Waals surface area contributed by atoms with Crippen LogP contribution in [0.5, 0.6) is 0 Å². The highest BCUT2D eigenvalue weighted by atomic mass is 79.9. The number of ether oxygens (including phenoxy) is 1. The van der Waals surface area contributed by atoms with E-state index in [0.29, 0.717) is 4.48 Å². The normalized spacial score (nSPS) is 31.7. The molecule has 1 aliphatic rings. The molecule has 0 saturated heterocycles. The van der Waals surface area contributed by atoms with E-state index in [0.717, 1.165) is 25.0 Å². The molecule has 0 N–H and O–H groups in total. The van der Waals surface area contributed by atoms with Crippen LogP contribution < -0.4 is 0 Å². The lowest BCUT2D eigenvalue weighted by atomic mass is 10.1. The topological polar surface area (TPSA) is 9.23 Å². The number of rotatable bonds is 4. The minimum absolute atomic E-state index is 0.239. The monoisotopic (exact) mass is 266 g/mol. The van der Waals surface area contributed by atoms with E-state index in [1.54, 1.807) is 0 Å². The van der Waals surface area contributed by atoms with Crippen LogP contribution in [0.1, 0.15) is 19.8 Å². The van der Waals surface area contributed by atoms with Gasteiger partial charge in [-0.15, -0.1) is 0 Å². The minimum atomic E-state index is -2.29. The average molecular weight is 267 g/mol. The van der Waals surface area contributed by atoms with Gasteiger partial charge in [0.15, 0.2) is 6.17 Å². The van der Waals surface area contributed by atoms with Crippen molar-refractivity contribution in [2.45, 2.75) is 31.8 Å². The quantitative estimate of drug-likeness (QED) is 0.706. The molecule has 80 valence electrons. The van der Waals surface area contributed by atoms with Gasteiger partial charge in [0.1, 0.15) is 0 Å². The second-order valence-corrected chi connectivity index (χ2v) is 4.10. The van der Waals surface area contributed by atoms with E-state index in [4.69, 9.17) is 4.74 Å². The summed E-state index contributed by atoms with van der Waals surface area (Å²) in [5, 5.41) is 0. The zero-order valence-corrected chi connectivity index (χ0v) is 9.56. The summed E-state index contributed by atoms with van der Waals surface area (Å²) in [6, 6.07) is 0. The van der Waals surface area contributed by atoms with Crippen LogP contribution in [0, 0.1) is 0 Å². The molecule has 0 spiro atoms. The Balaban J connectivity index is 2.53. The van der Waals surface area contributed by atoms with E-state index >= 15 is 0 Å². The smallest absolute Gasteiger partial charge is 0.264 e. The van der Waals surface area contributed by atoms with Gasteiger partial charge in [0, 0.05) is 4.48 Å². The molecule has 0 fully saturated rings. The van der Waals surface area contributed by atoms with Crippen molar-refractivity contribution in [1.82, 2.24) is 0 Å². The second-order valence-electron chi connectivity index (χ2n) is 3.19. The maximum Gasteiger partial charge on any atom is 0.264 e. The van der Waals surface area contributed by atoms with Crippen molar-refractivity contribution in [2.75, 3.05) is 6.61 Å². The zero-order valence-electron chi connectivity index (χ0n) is 7.97. The van der Waals surface area contributed by atoms with Gasteiger partial charge in [-0.1, -0.05) is 29.3 Å². The largest absolute Gasteiger partial charge is 0.340 e. The fraction of sp³-hybridized carbons (Fsp3) is 0.600. The third kappa shape index (κ3) is 2.89. The molecule has 0 bridgehead atoms. The van der Waals surface area contributed by atoms with Crippen LogP contribution in [-0.2, 0) is 4.74 Å². The van der Waals surface area contributed by atoms with Crippen molar-refractivity contribution >= 4 is 15.9 Å². The van der Waals surface area contributed by atoms with Gasteiger partial charge in [-0.25, -0.2) is 8.78 Å². The van der Waals surface area contributed by atoms with Crippen molar-refractivity contribution in [3.63, 3.8) is 0 Å². The summed E-state index contributed by atoms with van der Waals surface area (Å²) in [7, 11) is 0. The highest BCUT2D eigenvalue weighted by molar-refractivity contribution is 9.11. The van der Waals surface area contributed by atoms with Crippen LogP contribution in [0.2, 0.25) is 0 Å². The first-order chi connectivity index (χ1) is 6.58. The predicted octanol–water partition coefficient (Wildman–Crippen LogP) is 3.66. The van der Waals surface area contributed by atoms with Crippen molar-refractivity contribution in [3.05, 3.63) is 22.7 Å². The molecule has 0 heterocycles. The predicted molar refractivity (Wildman–Crippen MR) is 55.7 cm³/mol. The highest BCUT2D eigenvalue weighted by Gasteiger charge is 2.38. The standard InChI is InChI=1S/C10H13BrF2O/c1-2-3-6-14-10(13)5-4-8(11)7-9(10)12/h4-5,7,9H,2-3,6H2,1H3. The molecule has 4 heteroatoms. The van der Waals surface area contributed by atoms with Gasteiger partial charge in [0.25, 0.3) is 5.85 Å². The van der Waals surface area contributed by atoms with Gasteiger partial charge in [-0.05, 0) is 24.6 Å². The molecule has 2 unspecified atom stereocenters. The van der Waals surface area contributed by atoms with Gasteiger partial charge in [-0.2, -0.15) is 0 Å². The van der Waals surface area contributed by atoms with E-state index in [-0.39, 0.29) is 6.61 Å². The Kier molecular flexibility index (Phi) is 4.26. The molecule has 14 heavy (non-hydrogen) atoms. The molecule has 1 nitrogen and oxygen atoms in total. The summed E-state index contributed by atoms with van der Waals surface area (Å²) in [5.74, 6) is -2.29. The SMILES string of the molecule is CCCCOC1(F)C=CC(Br)=CC1F. The minimum Gasteiger partial charge on any atom is -0.340 e. The molecule has 0 aromatic rings. The maximum absolute atomic E-state index is 13.7. The van der Waals surface area contributed by atoms with Crippen molar-refractivity contribution in [1.29, 1.82) is 0 Å². The average Bonchev–Trinajstić information content (AvgIpc) is 2.13. The summed E-state index contributed by atoms with van der Waals surface area (Å²) < 4.78 is 32.4. The van der Waals surface area contributed by atoms with Crippen LogP contribution in [0.25, 0.3) is 0 Å². The van der Waals surface area contributed by atoms with Gasteiger partial charge < -0.3 is 4.74 Å². The van der Waals surface area contributed by atoms with Crippen molar-refractivity contribution in [2.24, 2.45) is 0 Å². The molecule has 2 atom stereocenters. The summed E-state index contributed by atoms with van der Waals surface area (Å²) in [6.07, 6.45) is 3.62. The third-order valence-corrected chi connectivity index (χ3v) is 2.50. The molecule has 1 aliphatic carbocycles. The van der Waals surface area contributed by atoms with Gasteiger partial charge in [0.05, 0.1) is 6.61 Å². The number of hydrogen-bond acceptors (Lipinski definition) is 1. The van der Waals surface area contributed by atoms with Crippen molar-refractivity contribution in [3.8, 4) is 0 Å². The van der Waals surface area contributed by atoms with Gasteiger partial charge in [-0.3, -0.25) is 0 Å². The van der Waals surface area contributed by atoms with E-state index in [1.165, 1.54) is 6.08 Å². The first-order valence-electron chi connectivity index (χ1n) is 4.62. The number of allylic oxidation sites excluding steroid dienone is 2. The molecule has 0 aromatic carbocycles. The highest BCUT2D eigenvalue weighted by Crippen LogP contribution is 2.31. The molecular formula is C10H13BrF2O. The lowest BCUT2D eigenvalue weighted by Gasteiger charge is -2.26. The summed E-state index contributed by atoms with van der Waals surface area (Å²) in [6.45, 7) is 2.21.